The van der Waals surface area contributed by atoms with Crippen LogP contribution in [-0.2, 0) is 32.6 Å². The maximum Gasteiger partial charge on any atom is 0.335 e. The summed E-state index contributed by atoms with van der Waals surface area (Å²) < 4.78 is 27.1. The maximum atomic E-state index is 14.6. The van der Waals surface area contributed by atoms with Crippen molar-refractivity contribution in [3.05, 3.63) is 101 Å². The van der Waals surface area contributed by atoms with Crippen molar-refractivity contribution < 1.29 is 18.7 Å². The van der Waals surface area contributed by atoms with Crippen LogP contribution in [0.1, 0.15) is 221 Å². The summed E-state index contributed by atoms with van der Waals surface area (Å²) in [6.07, 6.45) is 37.9. The number of benzene rings is 3. The molecule has 3 rings (SSSR count). The van der Waals surface area contributed by atoms with Crippen LogP contribution in [0.2, 0.25) is 0 Å². The first-order valence-corrected chi connectivity index (χ1v) is 26.1. The molecule has 0 heterocycles. The van der Waals surface area contributed by atoms with E-state index in [9.17, 15) is 9.67 Å². The van der Waals surface area contributed by atoms with Crippen LogP contribution in [0.3, 0.4) is 0 Å². The minimum atomic E-state index is -3.42. The summed E-state index contributed by atoms with van der Waals surface area (Å²) in [4.78, 5) is 0. The molecule has 0 spiro atoms. The molecule has 326 valence electrons. The average Bonchev–Trinajstić information content (AvgIpc) is 3.23. The molecule has 0 saturated carbocycles. The minimum Gasteiger partial charge on any atom is -0.507 e. The van der Waals surface area contributed by atoms with Crippen molar-refractivity contribution >= 4 is 7.60 Å². The van der Waals surface area contributed by atoms with Gasteiger partial charge in [-0.15, -0.1) is 0 Å². The van der Waals surface area contributed by atoms with Crippen LogP contribution in [-0.4, -0.2) is 18.3 Å². The fourth-order valence-corrected chi connectivity index (χ4v) is 9.88. The number of rotatable bonds is 38. The number of hydrogen-bond acceptors (Lipinski definition) is 4. The molecule has 0 unspecified atom stereocenters. The second-order valence-corrected chi connectivity index (χ2v) is 19.3. The van der Waals surface area contributed by atoms with Crippen molar-refractivity contribution in [2.45, 2.75) is 213 Å². The van der Waals surface area contributed by atoms with Crippen LogP contribution in [0, 0.1) is 0 Å². The zero-order valence-electron chi connectivity index (χ0n) is 37.4. The van der Waals surface area contributed by atoms with Gasteiger partial charge in [-0.3, -0.25) is 4.57 Å². The van der Waals surface area contributed by atoms with E-state index >= 15 is 0 Å². The van der Waals surface area contributed by atoms with Gasteiger partial charge in [0, 0.05) is 12.8 Å². The molecule has 0 fully saturated rings. The molecule has 5 heteroatoms. The molecule has 0 bridgehead atoms. The Kier molecular flexibility index (Phi) is 28.7. The summed E-state index contributed by atoms with van der Waals surface area (Å²) in [6.45, 7) is 5.48. The molecule has 4 nitrogen and oxygen atoms in total. The van der Waals surface area contributed by atoms with Crippen LogP contribution < -0.4 is 0 Å². The van der Waals surface area contributed by atoms with Crippen molar-refractivity contribution in [3.8, 4) is 5.75 Å². The number of hydrogen-bond donors (Lipinski definition) is 1. The van der Waals surface area contributed by atoms with Crippen LogP contribution in [0.25, 0.3) is 0 Å². The largest absolute Gasteiger partial charge is 0.507 e. The first kappa shape index (κ1) is 50.0. The maximum absolute atomic E-state index is 14.6. The van der Waals surface area contributed by atoms with Gasteiger partial charge in [0.15, 0.2) is 0 Å². The molecule has 0 atom stereocenters. The van der Waals surface area contributed by atoms with E-state index in [1.165, 1.54) is 154 Å². The lowest BCUT2D eigenvalue weighted by atomic mass is 9.95. The van der Waals surface area contributed by atoms with E-state index in [1.54, 1.807) is 0 Å². The second kappa shape index (κ2) is 33.3. The number of phenols is 1. The molecule has 0 aliphatic rings. The summed E-state index contributed by atoms with van der Waals surface area (Å²) in [5.74, 6) is 0.318. The molecule has 3 aromatic rings. The highest BCUT2D eigenvalue weighted by atomic mass is 31.2. The topological polar surface area (TPSA) is 55.8 Å². The smallest absolute Gasteiger partial charge is 0.335 e. The molecule has 3 aromatic carbocycles. The number of aromatic hydroxyl groups is 1. The Morgan fingerprint density at radius 1 is 0.414 bits per heavy atom. The van der Waals surface area contributed by atoms with Gasteiger partial charge in [-0.2, -0.15) is 0 Å². The van der Waals surface area contributed by atoms with E-state index in [1.807, 2.05) is 48.5 Å². The highest BCUT2D eigenvalue weighted by Crippen LogP contribution is 2.52. The lowest BCUT2D eigenvalue weighted by Gasteiger charge is -2.21. The fourth-order valence-electron chi connectivity index (χ4n) is 8.18. The average molecular weight is 817 g/mol. The first-order chi connectivity index (χ1) is 28.5. The monoisotopic (exact) mass is 817 g/mol. The van der Waals surface area contributed by atoms with Gasteiger partial charge >= 0.3 is 7.60 Å². The third kappa shape index (κ3) is 24.0. The normalized spacial score (nSPS) is 11.8. The molecule has 0 aliphatic heterocycles. The zero-order valence-corrected chi connectivity index (χ0v) is 38.3. The molecule has 0 aliphatic carbocycles. The summed E-state index contributed by atoms with van der Waals surface area (Å²) in [7, 11) is -3.42. The summed E-state index contributed by atoms with van der Waals surface area (Å²) in [5, 5.41) is 11.5. The Hall–Kier alpha value is -2.39. The molecular weight excluding hydrogens is 732 g/mol. The predicted octanol–water partition coefficient (Wildman–Crippen LogP) is 17.3. The second-order valence-electron chi connectivity index (χ2n) is 17.2. The lowest BCUT2D eigenvalue weighted by molar-refractivity contribution is 0.196. The van der Waals surface area contributed by atoms with Gasteiger partial charge in [0.25, 0.3) is 0 Å². The highest BCUT2D eigenvalue weighted by molar-refractivity contribution is 7.53. The zero-order chi connectivity index (χ0) is 41.2. The van der Waals surface area contributed by atoms with Crippen molar-refractivity contribution in [3.63, 3.8) is 0 Å². The van der Waals surface area contributed by atoms with Crippen LogP contribution in [0.15, 0.2) is 72.8 Å². The highest BCUT2D eigenvalue weighted by Gasteiger charge is 2.26. The number of phenolic OH excluding ortho intramolecular Hbond substituents is 1. The fraction of sp³-hybridized carbons (Fsp3) is 0.660. The van der Waals surface area contributed by atoms with Gasteiger partial charge in [-0.25, -0.2) is 0 Å². The Labute approximate surface area is 357 Å². The minimum absolute atomic E-state index is 0.216. The van der Waals surface area contributed by atoms with Crippen molar-refractivity contribution in [1.82, 2.24) is 0 Å². The molecule has 0 amide bonds. The predicted molar refractivity (Wildman–Crippen MR) is 250 cm³/mol. The van der Waals surface area contributed by atoms with Crippen molar-refractivity contribution in [1.29, 1.82) is 0 Å². The quantitative estimate of drug-likeness (QED) is 0.0462. The summed E-state index contributed by atoms with van der Waals surface area (Å²) in [6, 6.07) is 24.6. The van der Waals surface area contributed by atoms with E-state index in [4.69, 9.17) is 9.05 Å². The van der Waals surface area contributed by atoms with E-state index in [0.29, 0.717) is 31.8 Å². The molecular formula is C53H85O4P. The van der Waals surface area contributed by atoms with Gasteiger partial charge in [0.2, 0.25) is 0 Å². The van der Waals surface area contributed by atoms with Gasteiger partial charge < -0.3 is 14.2 Å². The van der Waals surface area contributed by atoms with Crippen LogP contribution in [0.5, 0.6) is 5.75 Å². The standard InChI is InChI=1S/C53H85O4P/c1-3-5-7-9-11-13-15-17-19-21-23-25-27-35-41-56-58(55,57-42-36-28-26-24-22-20-18-16-14-12-10-8-6-4-2)47-50-45-51(43-48-37-31-29-32-38-48)53(54)52(46-50)44-49-39-33-30-34-40-49/h29-34,37-40,45-46,54H,3-28,35-36,41-44,47H2,1-2H3. The summed E-state index contributed by atoms with van der Waals surface area (Å²) in [5.41, 5.74) is 4.86. The lowest BCUT2D eigenvalue weighted by Crippen LogP contribution is -2.04. The Bertz CT molecular complexity index is 1340. The van der Waals surface area contributed by atoms with E-state index in [0.717, 1.165) is 53.5 Å². The van der Waals surface area contributed by atoms with Crippen molar-refractivity contribution in [2.75, 3.05) is 13.2 Å². The molecule has 0 radical (unpaired) electrons. The van der Waals surface area contributed by atoms with E-state index in [-0.39, 0.29) is 6.16 Å². The van der Waals surface area contributed by atoms with Crippen molar-refractivity contribution in [2.24, 2.45) is 0 Å². The SMILES string of the molecule is CCCCCCCCCCCCCCCCOP(=O)(Cc1cc(Cc2ccccc2)c(O)c(Cc2ccccc2)c1)OCCCCCCCCCCCCCCCC. The Balaban J connectivity index is 1.51. The third-order valence-corrected chi connectivity index (χ3v) is 13.7. The van der Waals surface area contributed by atoms with Gasteiger partial charge in [-0.05, 0) is 40.7 Å². The molecule has 0 aromatic heterocycles. The van der Waals surface area contributed by atoms with Crippen LogP contribution in [0.4, 0.5) is 0 Å². The van der Waals surface area contributed by atoms with E-state index in [2.05, 4.69) is 38.1 Å². The summed E-state index contributed by atoms with van der Waals surface area (Å²) >= 11 is 0. The Morgan fingerprint density at radius 2 is 0.707 bits per heavy atom. The van der Waals surface area contributed by atoms with Crippen LogP contribution >= 0.6 is 7.60 Å². The number of unbranched alkanes of at least 4 members (excludes halogenated alkanes) is 26. The van der Waals surface area contributed by atoms with Gasteiger partial charge in [-0.1, -0.05) is 254 Å². The van der Waals surface area contributed by atoms with Gasteiger partial charge in [0.05, 0.1) is 19.4 Å². The van der Waals surface area contributed by atoms with Gasteiger partial charge in [0.1, 0.15) is 5.75 Å². The Morgan fingerprint density at radius 3 is 1.02 bits per heavy atom. The molecule has 0 saturated heterocycles. The molecule has 58 heavy (non-hydrogen) atoms. The van der Waals surface area contributed by atoms with E-state index < -0.39 is 7.60 Å². The third-order valence-electron chi connectivity index (χ3n) is 11.8. The molecule has 1 N–H and O–H groups in total. The first-order valence-electron chi connectivity index (χ1n) is 24.3.